The summed E-state index contributed by atoms with van der Waals surface area (Å²) >= 11 is 0. The minimum absolute atomic E-state index is 0.0305. The fourth-order valence-electron chi connectivity index (χ4n) is 1.80. The zero-order valence-electron chi connectivity index (χ0n) is 10.9. The van der Waals surface area contributed by atoms with Crippen LogP contribution in [0.15, 0.2) is 36.7 Å². The number of carboxylic acid groups (broad SMARTS) is 1. The largest absolute Gasteiger partial charge is 0.476 e. The van der Waals surface area contributed by atoms with E-state index in [0.717, 1.165) is 5.56 Å². The van der Waals surface area contributed by atoms with Gasteiger partial charge in [-0.3, -0.25) is 0 Å². The van der Waals surface area contributed by atoms with Gasteiger partial charge in [0.25, 0.3) is 0 Å². The van der Waals surface area contributed by atoms with Gasteiger partial charge in [0, 0.05) is 26.0 Å². The van der Waals surface area contributed by atoms with Crippen LogP contribution in [0.2, 0.25) is 0 Å². The highest BCUT2D eigenvalue weighted by atomic mass is 16.4. The third-order valence-electron chi connectivity index (χ3n) is 2.78. The summed E-state index contributed by atoms with van der Waals surface area (Å²) < 4.78 is 0. The van der Waals surface area contributed by atoms with Gasteiger partial charge in [0.05, 0.1) is 0 Å². The molecule has 98 valence electrons. The number of aryl methyl sites for hydroxylation is 1. The van der Waals surface area contributed by atoms with Crippen molar-refractivity contribution in [3.8, 4) is 0 Å². The van der Waals surface area contributed by atoms with E-state index in [1.807, 2.05) is 31.2 Å². The van der Waals surface area contributed by atoms with Crippen molar-refractivity contribution in [3.05, 3.63) is 53.5 Å². The second-order valence-corrected chi connectivity index (χ2v) is 4.38. The van der Waals surface area contributed by atoms with Crippen molar-refractivity contribution in [1.29, 1.82) is 0 Å². The number of hydrogen-bond acceptors (Lipinski definition) is 4. The molecule has 1 aromatic heterocycles. The number of carboxylic acids is 1. The molecular weight excluding hydrogens is 242 g/mol. The molecule has 1 N–H and O–H groups in total. The monoisotopic (exact) mass is 257 g/mol. The highest BCUT2D eigenvalue weighted by Crippen LogP contribution is 2.16. The molecule has 0 aliphatic carbocycles. The van der Waals surface area contributed by atoms with Crippen LogP contribution in [0.3, 0.4) is 0 Å². The molecule has 0 spiro atoms. The number of anilines is 1. The maximum Gasteiger partial charge on any atom is 0.358 e. The van der Waals surface area contributed by atoms with Crippen molar-refractivity contribution in [2.24, 2.45) is 0 Å². The molecule has 5 nitrogen and oxygen atoms in total. The van der Waals surface area contributed by atoms with Gasteiger partial charge in [-0.25, -0.2) is 14.8 Å². The van der Waals surface area contributed by atoms with Crippen LogP contribution in [-0.4, -0.2) is 28.1 Å². The van der Waals surface area contributed by atoms with Crippen molar-refractivity contribution in [3.63, 3.8) is 0 Å². The summed E-state index contributed by atoms with van der Waals surface area (Å²) in [5.41, 5.74) is 2.25. The van der Waals surface area contributed by atoms with Gasteiger partial charge in [-0.15, -0.1) is 0 Å². The smallest absolute Gasteiger partial charge is 0.358 e. The number of aromatic carboxylic acids is 1. The molecule has 0 unspecified atom stereocenters. The van der Waals surface area contributed by atoms with Crippen LogP contribution in [0.25, 0.3) is 0 Å². The van der Waals surface area contributed by atoms with Crippen LogP contribution in [-0.2, 0) is 6.54 Å². The van der Waals surface area contributed by atoms with Crippen LogP contribution in [0.5, 0.6) is 0 Å². The van der Waals surface area contributed by atoms with Gasteiger partial charge in [0.15, 0.2) is 11.5 Å². The predicted molar refractivity (Wildman–Crippen MR) is 72.3 cm³/mol. The van der Waals surface area contributed by atoms with E-state index in [1.54, 1.807) is 11.9 Å². The number of rotatable bonds is 4. The summed E-state index contributed by atoms with van der Waals surface area (Å²) in [6.07, 6.45) is 2.88. The zero-order chi connectivity index (χ0) is 13.8. The van der Waals surface area contributed by atoms with Crippen LogP contribution >= 0.6 is 0 Å². The summed E-state index contributed by atoms with van der Waals surface area (Å²) in [6.45, 7) is 2.61. The van der Waals surface area contributed by atoms with Gasteiger partial charge in [0.1, 0.15) is 0 Å². The lowest BCUT2D eigenvalue weighted by Crippen LogP contribution is -2.21. The molecule has 5 heteroatoms. The van der Waals surface area contributed by atoms with Gasteiger partial charge in [-0.1, -0.05) is 29.8 Å². The second-order valence-electron chi connectivity index (χ2n) is 4.38. The normalized spacial score (nSPS) is 10.2. The van der Waals surface area contributed by atoms with Crippen molar-refractivity contribution in [1.82, 2.24) is 9.97 Å². The average Bonchev–Trinajstić information content (AvgIpc) is 2.41. The molecule has 1 heterocycles. The first-order chi connectivity index (χ1) is 9.08. The SMILES string of the molecule is Cc1ccc(CN(C)c2nccnc2C(=O)O)cc1. The average molecular weight is 257 g/mol. The maximum atomic E-state index is 11.1. The van der Waals surface area contributed by atoms with Crippen LogP contribution in [0.4, 0.5) is 5.82 Å². The number of nitrogens with zero attached hydrogens (tertiary/aromatic N) is 3. The lowest BCUT2D eigenvalue weighted by atomic mass is 10.1. The lowest BCUT2D eigenvalue weighted by Gasteiger charge is -2.19. The third-order valence-corrected chi connectivity index (χ3v) is 2.78. The van der Waals surface area contributed by atoms with E-state index in [2.05, 4.69) is 9.97 Å². The number of benzene rings is 1. The Morgan fingerprint density at radius 2 is 1.84 bits per heavy atom. The van der Waals surface area contributed by atoms with Gasteiger partial charge in [0.2, 0.25) is 0 Å². The van der Waals surface area contributed by atoms with Crippen molar-refractivity contribution < 1.29 is 9.90 Å². The molecule has 2 aromatic rings. The fraction of sp³-hybridized carbons (Fsp3) is 0.214. The zero-order valence-corrected chi connectivity index (χ0v) is 10.9. The summed E-state index contributed by atoms with van der Waals surface area (Å²) in [5, 5.41) is 9.09. The van der Waals surface area contributed by atoms with Crippen molar-refractivity contribution >= 4 is 11.8 Å². The number of hydrogen-bond donors (Lipinski definition) is 1. The third kappa shape index (κ3) is 3.07. The Labute approximate surface area is 111 Å². The molecule has 0 aliphatic heterocycles. The maximum absolute atomic E-state index is 11.1. The van der Waals surface area contributed by atoms with Crippen LogP contribution < -0.4 is 4.90 Å². The Balaban J connectivity index is 2.22. The summed E-state index contributed by atoms with van der Waals surface area (Å²) in [6, 6.07) is 8.08. The molecular formula is C14H15N3O2. The van der Waals surface area contributed by atoms with Crippen LogP contribution in [0.1, 0.15) is 21.6 Å². The Morgan fingerprint density at radius 3 is 2.47 bits per heavy atom. The van der Waals surface area contributed by atoms with E-state index >= 15 is 0 Å². The van der Waals surface area contributed by atoms with E-state index in [0.29, 0.717) is 12.4 Å². The first-order valence-electron chi connectivity index (χ1n) is 5.89. The fourth-order valence-corrected chi connectivity index (χ4v) is 1.80. The number of carbonyl (C=O) groups is 1. The molecule has 0 atom stereocenters. The van der Waals surface area contributed by atoms with Gasteiger partial charge in [-0.05, 0) is 12.5 Å². The Bertz CT molecular complexity index is 581. The minimum Gasteiger partial charge on any atom is -0.476 e. The van der Waals surface area contributed by atoms with Gasteiger partial charge >= 0.3 is 5.97 Å². The molecule has 0 aliphatic rings. The van der Waals surface area contributed by atoms with Gasteiger partial charge < -0.3 is 10.0 Å². The van der Waals surface area contributed by atoms with Crippen molar-refractivity contribution in [2.45, 2.75) is 13.5 Å². The molecule has 0 bridgehead atoms. The first kappa shape index (κ1) is 13.0. The van der Waals surface area contributed by atoms with Crippen molar-refractivity contribution in [2.75, 3.05) is 11.9 Å². The Hall–Kier alpha value is -2.43. The molecule has 2 rings (SSSR count). The molecule has 0 fully saturated rings. The molecule has 1 aromatic carbocycles. The summed E-state index contributed by atoms with van der Waals surface area (Å²) in [4.78, 5) is 20.8. The topological polar surface area (TPSA) is 66.3 Å². The predicted octanol–water partition coefficient (Wildman–Crippen LogP) is 2.12. The first-order valence-corrected chi connectivity index (χ1v) is 5.89. The van der Waals surface area contributed by atoms with E-state index in [1.165, 1.54) is 18.0 Å². The van der Waals surface area contributed by atoms with Crippen LogP contribution in [0, 0.1) is 6.92 Å². The second kappa shape index (κ2) is 5.48. The van der Waals surface area contributed by atoms with E-state index in [4.69, 9.17) is 5.11 Å². The van der Waals surface area contributed by atoms with E-state index in [-0.39, 0.29) is 5.69 Å². The number of aromatic nitrogens is 2. The highest BCUT2D eigenvalue weighted by molar-refractivity contribution is 5.90. The molecule has 0 saturated heterocycles. The summed E-state index contributed by atoms with van der Waals surface area (Å²) in [5.74, 6) is -0.700. The molecule has 0 saturated carbocycles. The Morgan fingerprint density at radius 1 is 1.21 bits per heavy atom. The minimum atomic E-state index is -1.07. The molecule has 0 amide bonds. The quantitative estimate of drug-likeness (QED) is 0.908. The molecule has 0 radical (unpaired) electrons. The Kier molecular flexibility index (Phi) is 3.75. The summed E-state index contributed by atoms with van der Waals surface area (Å²) in [7, 11) is 1.80. The van der Waals surface area contributed by atoms with E-state index in [9.17, 15) is 4.79 Å². The molecule has 19 heavy (non-hydrogen) atoms. The standard InChI is InChI=1S/C14H15N3O2/c1-10-3-5-11(6-4-10)9-17(2)13-12(14(18)19)15-7-8-16-13/h3-8H,9H2,1-2H3,(H,18,19). The highest BCUT2D eigenvalue weighted by Gasteiger charge is 2.16. The lowest BCUT2D eigenvalue weighted by molar-refractivity contribution is 0.0690. The van der Waals surface area contributed by atoms with E-state index < -0.39 is 5.97 Å². The van der Waals surface area contributed by atoms with Gasteiger partial charge in [-0.2, -0.15) is 0 Å².